The Balaban J connectivity index is 1.60. The van der Waals surface area contributed by atoms with Crippen LogP contribution in [0.1, 0.15) is 50.8 Å². The number of hydrogen-bond acceptors (Lipinski definition) is 4. The third-order valence-electron chi connectivity index (χ3n) is 5.22. The third kappa shape index (κ3) is 4.21. The van der Waals surface area contributed by atoms with Gasteiger partial charge in [-0.25, -0.2) is 14.7 Å². The normalized spacial score (nSPS) is 13.1. The van der Waals surface area contributed by atoms with Crippen LogP contribution < -0.4 is 16.0 Å². The van der Waals surface area contributed by atoms with Crippen LogP contribution in [0.2, 0.25) is 0 Å². The van der Waals surface area contributed by atoms with Crippen LogP contribution in [-0.4, -0.2) is 16.9 Å². The molecule has 2 aromatic carbocycles. The molecule has 6 nitrogen and oxygen atoms in total. The lowest BCUT2D eigenvalue weighted by molar-refractivity contribution is 0.0954. The van der Waals surface area contributed by atoms with Crippen LogP contribution in [0.3, 0.4) is 0 Å². The van der Waals surface area contributed by atoms with Gasteiger partial charge in [0.15, 0.2) is 5.13 Å². The van der Waals surface area contributed by atoms with E-state index in [1.54, 1.807) is 6.92 Å². The molecule has 154 valence electrons. The first-order valence-electron chi connectivity index (χ1n) is 9.93. The Labute approximate surface area is 179 Å². The summed E-state index contributed by atoms with van der Waals surface area (Å²) in [6.07, 6.45) is 2.34. The largest absolute Gasteiger partial charge is 0.351 e. The molecule has 3 N–H and O–H groups in total. The van der Waals surface area contributed by atoms with E-state index in [0.29, 0.717) is 28.2 Å². The summed E-state index contributed by atoms with van der Waals surface area (Å²) in [5.41, 5.74) is 10.2. The number of hydrogen-bond donors (Lipinski definition) is 2. The highest BCUT2D eigenvalue weighted by molar-refractivity contribution is 7.17. The lowest BCUT2D eigenvalue weighted by Gasteiger charge is -2.20. The third-order valence-corrected chi connectivity index (χ3v) is 6.36. The molecule has 1 heterocycles. The van der Waals surface area contributed by atoms with E-state index in [9.17, 15) is 9.59 Å². The van der Waals surface area contributed by atoms with E-state index in [1.807, 2.05) is 49.4 Å². The van der Waals surface area contributed by atoms with Crippen molar-refractivity contribution in [3.63, 3.8) is 0 Å². The predicted molar refractivity (Wildman–Crippen MR) is 119 cm³/mol. The summed E-state index contributed by atoms with van der Waals surface area (Å²) in [5.74, 6) is 0.337. The van der Waals surface area contributed by atoms with Gasteiger partial charge in [0, 0.05) is 6.54 Å². The summed E-state index contributed by atoms with van der Waals surface area (Å²) in [6, 6.07) is 15.2. The number of aromatic nitrogens is 1. The van der Waals surface area contributed by atoms with E-state index in [1.165, 1.54) is 34.6 Å². The number of benzene rings is 2. The summed E-state index contributed by atoms with van der Waals surface area (Å²) in [4.78, 5) is 31.5. The van der Waals surface area contributed by atoms with E-state index in [2.05, 4.69) is 16.4 Å². The van der Waals surface area contributed by atoms with Crippen LogP contribution in [0.15, 0.2) is 48.5 Å². The van der Waals surface area contributed by atoms with E-state index in [0.717, 1.165) is 16.8 Å². The van der Waals surface area contributed by atoms with Gasteiger partial charge in [-0.3, -0.25) is 4.79 Å². The van der Waals surface area contributed by atoms with E-state index in [-0.39, 0.29) is 5.91 Å². The summed E-state index contributed by atoms with van der Waals surface area (Å²) in [6.45, 7) is 4.13. The number of rotatable bonds is 6. The average Bonchev–Trinajstić information content (AvgIpc) is 3.51. The lowest BCUT2D eigenvalue weighted by Crippen LogP contribution is -2.32. The van der Waals surface area contributed by atoms with Crippen LogP contribution in [0, 0.1) is 13.8 Å². The summed E-state index contributed by atoms with van der Waals surface area (Å²) >= 11 is 1.17. The zero-order chi connectivity index (χ0) is 21.3. The number of nitrogens with zero attached hydrogens (tertiary/aromatic N) is 2. The van der Waals surface area contributed by atoms with Crippen molar-refractivity contribution < 1.29 is 9.59 Å². The van der Waals surface area contributed by atoms with Gasteiger partial charge in [0.25, 0.3) is 5.91 Å². The molecule has 4 rings (SSSR count). The fourth-order valence-corrected chi connectivity index (χ4v) is 4.40. The second kappa shape index (κ2) is 8.28. The molecule has 1 aliphatic carbocycles. The second-order valence-electron chi connectivity index (χ2n) is 7.57. The van der Waals surface area contributed by atoms with Gasteiger partial charge in [-0.15, -0.1) is 0 Å². The molecule has 0 unspecified atom stereocenters. The van der Waals surface area contributed by atoms with E-state index < -0.39 is 6.03 Å². The number of carbonyl (C=O) groups is 2. The van der Waals surface area contributed by atoms with Crippen molar-refractivity contribution in [2.75, 3.05) is 4.90 Å². The topological polar surface area (TPSA) is 88.3 Å². The minimum atomic E-state index is -0.615. The predicted octanol–water partition coefficient (Wildman–Crippen LogP) is 4.78. The fourth-order valence-electron chi connectivity index (χ4n) is 3.40. The summed E-state index contributed by atoms with van der Waals surface area (Å²) < 4.78 is 0. The van der Waals surface area contributed by atoms with Crippen molar-refractivity contribution in [3.05, 3.63) is 75.8 Å². The number of nitrogens with one attached hydrogen (secondary N) is 1. The second-order valence-corrected chi connectivity index (χ2v) is 8.55. The maximum Gasteiger partial charge on any atom is 0.325 e. The number of urea groups is 1. The number of amides is 3. The number of carbonyl (C=O) groups excluding carboxylic acids is 2. The molecule has 30 heavy (non-hydrogen) atoms. The first-order valence-corrected chi connectivity index (χ1v) is 10.8. The SMILES string of the molecule is Cc1ccc(C2CC2)cc1N(C(N)=O)c1nc(C)c(C(=O)NCc2ccccc2)s1. The molecule has 3 aromatic rings. The zero-order valence-electron chi connectivity index (χ0n) is 17.0. The van der Waals surface area contributed by atoms with Gasteiger partial charge in [0.1, 0.15) is 4.88 Å². The summed E-state index contributed by atoms with van der Waals surface area (Å²) in [5, 5.41) is 3.32. The average molecular weight is 421 g/mol. The molecule has 0 spiro atoms. The van der Waals surface area contributed by atoms with E-state index in [4.69, 9.17) is 5.73 Å². The Kier molecular flexibility index (Phi) is 5.55. The smallest absolute Gasteiger partial charge is 0.325 e. The molecule has 7 heteroatoms. The first kappa shape index (κ1) is 20.1. The van der Waals surface area contributed by atoms with Crippen molar-refractivity contribution in [1.82, 2.24) is 10.3 Å². The molecule has 1 aromatic heterocycles. The van der Waals surface area contributed by atoms with Crippen LogP contribution in [0.25, 0.3) is 0 Å². The monoisotopic (exact) mass is 420 g/mol. The van der Waals surface area contributed by atoms with Crippen LogP contribution in [-0.2, 0) is 6.54 Å². The van der Waals surface area contributed by atoms with Gasteiger partial charge >= 0.3 is 6.03 Å². The fraction of sp³-hybridized carbons (Fsp3) is 0.261. The van der Waals surface area contributed by atoms with Gasteiger partial charge in [-0.05, 0) is 55.4 Å². The minimum absolute atomic E-state index is 0.215. The quantitative estimate of drug-likeness (QED) is 0.601. The Hall–Kier alpha value is -3.19. The Morgan fingerprint density at radius 1 is 1.17 bits per heavy atom. The summed E-state index contributed by atoms with van der Waals surface area (Å²) in [7, 11) is 0. The molecule has 1 fully saturated rings. The molecule has 0 saturated heterocycles. The molecule has 1 saturated carbocycles. The Morgan fingerprint density at radius 2 is 1.90 bits per heavy atom. The molecule has 0 bridgehead atoms. The van der Waals surface area contributed by atoms with Gasteiger partial charge in [-0.1, -0.05) is 53.8 Å². The number of thiazole rings is 1. The van der Waals surface area contributed by atoms with Gasteiger partial charge in [0.2, 0.25) is 0 Å². The zero-order valence-corrected chi connectivity index (χ0v) is 17.8. The van der Waals surface area contributed by atoms with Crippen molar-refractivity contribution in [3.8, 4) is 0 Å². The number of nitrogens with two attached hydrogens (primary N) is 1. The maximum absolute atomic E-state index is 12.7. The Morgan fingerprint density at radius 3 is 2.57 bits per heavy atom. The Bertz CT molecular complexity index is 1090. The standard InChI is InChI=1S/C23H24N4O2S/c1-14-8-9-18(17-10-11-17)12-19(14)27(22(24)29)23-26-15(2)20(30-23)21(28)25-13-16-6-4-3-5-7-16/h3-9,12,17H,10-11,13H2,1-2H3,(H2,24,29)(H,25,28). The van der Waals surface area contributed by atoms with Gasteiger partial charge < -0.3 is 11.1 Å². The molecule has 1 aliphatic rings. The first-order chi connectivity index (χ1) is 14.4. The van der Waals surface area contributed by atoms with Crippen molar-refractivity contribution in [2.24, 2.45) is 5.73 Å². The number of primary amides is 1. The molecular formula is C23H24N4O2S. The number of aryl methyl sites for hydroxylation is 2. The van der Waals surface area contributed by atoms with Crippen LogP contribution >= 0.6 is 11.3 Å². The molecular weight excluding hydrogens is 396 g/mol. The molecule has 0 atom stereocenters. The highest BCUT2D eigenvalue weighted by Crippen LogP contribution is 2.43. The lowest BCUT2D eigenvalue weighted by atomic mass is 10.1. The van der Waals surface area contributed by atoms with Gasteiger partial charge in [-0.2, -0.15) is 0 Å². The van der Waals surface area contributed by atoms with Crippen LogP contribution in [0.5, 0.6) is 0 Å². The van der Waals surface area contributed by atoms with Crippen molar-refractivity contribution in [1.29, 1.82) is 0 Å². The molecule has 3 amide bonds. The highest BCUT2D eigenvalue weighted by atomic mass is 32.1. The molecule has 0 radical (unpaired) electrons. The minimum Gasteiger partial charge on any atom is -0.351 e. The van der Waals surface area contributed by atoms with Gasteiger partial charge in [0.05, 0.1) is 11.4 Å². The van der Waals surface area contributed by atoms with E-state index >= 15 is 0 Å². The number of anilines is 2. The highest BCUT2D eigenvalue weighted by Gasteiger charge is 2.28. The molecule has 0 aliphatic heterocycles. The van der Waals surface area contributed by atoms with Crippen molar-refractivity contribution >= 4 is 34.1 Å². The van der Waals surface area contributed by atoms with Crippen molar-refractivity contribution in [2.45, 2.75) is 39.2 Å². The van der Waals surface area contributed by atoms with Crippen LogP contribution in [0.4, 0.5) is 15.6 Å². The maximum atomic E-state index is 12.7.